The van der Waals surface area contributed by atoms with Crippen LogP contribution in [0, 0.1) is 6.92 Å². The molecule has 3 aromatic carbocycles. The number of thioether (sulfide) groups is 1. The molecule has 3 aromatic rings. The van der Waals surface area contributed by atoms with E-state index in [1.165, 1.54) is 17.3 Å². The van der Waals surface area contributed by atoms with Gasteiger partial charge in [-0.1, -0.05) is 78.7 Å². The SMILES string of the molecule is CCCNC(=O)[C@H](Cc1ccccc1)N(Cc1ccc(Cl)cc1)C(=O)CSc1ccc(C)cc1. The van der Waals surface area contributed by atoms with E-state index in [2.05, 4.69) is 5.32 Å². The Kier molecular flexibility index (Phi) is 10.0. The van der Waals surface area contributed by atoms with Crippen molar-refractivity contribution in [3.8, 4) is 0 Å². The third-order valence-electron chi connectivity index (χ3n) is 5.47. The fourth-order valence-electron chi connectivity index (χ4n) is 3.57. The van der Waals surface area contributed by atoms with Gasteiger partial charge < -0.3 is 10.2 Å². The molecule has 1 N–H and O–H groups in total. The summed E-state index contributed by atoms with van der Waals surface area (Å²) in [6.45, 7) is 4.96. The van der Waals surface area contributed by atoms with Crippen LogP contribution in [0.5, 0.6) is 0 Å². The normalized spacial score (nSPS) is 11.6. The standard InChI is InChI=1S/C28H31ClN2O2S/c1-3-17-30-28(33)26(18-22-7-5-4-6-8-22)31(19-23-11-13-24(29)14-12-23)27(32)20-34-25-15-9-21(2)10-16-25/h4-16,26H,3,17-20H2,1-2H3,(H,30,33)/t26-/m0/s1. The van der Waals surface area contributed by atoms with E-state index in [1.54, 1.807) is 4.90 Å². The lowest BCUT2D eigenvalue weighted by Gasteiger charge is -2.31. The maximum Gasteiger partial charge on any atom is 0.243 e. The van der Waals surface area contributed by atoms with Crippen molar-refractivity contribution in [2.24, 2.45) is 0 Å². The first kappa shape index (κ1) is 25.9. The van der Waals surface area contributed by atoms with Crippen molar-refractivity contribution < 1.29 is 9.59 Å². The van der Waals surface area contributed by atoms with E-state index < -0.39 is 6.04 Å². The number of hydrogen-bond acceptors (Lipinski definition) is 3. The van der Waals surface area contributed by atoms with Crippen LogP contribution in [0.2, 0.25) is 5.02 Å². The number of nitrogens with one attached hydrogen (secondary N) is 1. The Morgan fingerprint density at radius 2 is 1.62 bits per heavy atom. The highest BCUT2D eigenvalue weighted by Gasteiger charge is 2.30. The monoisotopic (exact) mass is 494 g/mol. The van der Waals surface area contributed by atoms with Crippen LogP contribution in [0.25, 0.3) is 0 Å². The zero-order valence-electron chi connectivity index (χ0n) is 19.7. The molecule has 0 saturated carbocycles. The van der Waals surface area contributed by atoms with Crippen LogP contribution >= 0.6 is 23.4 Å². The van der Waals surface area contributed by atoms with Gasteiger partial charge in [-0.15, -0.1) is 11.8 Å². The summed E-state index contributed by atoms with van der Waals surface area (Å²) in [5, 5.41) is 3.64. The maximum atomic E-state index is 13.6. The highest BCUT2D eigenvalue weighted by Crippen LogP contribution is 2.22. The highest BCUT2D eigenvalue weighted by molar-refractivity contribution is 8.00. The number of carbonyl (C=O) groups excluding carboxylic acids is 2. The largest absolute Gasteiger partial charge is 0.354 e. The van der Waals surface area contributed by atoms with Gasteiger partial charge in [0.05, 0.1) is 5.75 Å². The molecule has 3 rings (SSSR count). The van der Waals surface area contributed by atoms with Gasteiger partial charge in [0.25, 0.3) is 0 Å². The summed E-state index contributed by atoms with van der Waals surface area (Å²) in [6.07, 6.45) is 1.28. The average Bonchev–Trinajstić information content (AvgIpc) is 2.86. The zero-order valence-corrected chi connectivity index (χ0v) is 21.2. The molecule has 0 aliphatic heterocycles. The van der Waals surface area contributed by atoms with E-state index in [0.717, 1.165) is 22.4 Å². The van der Waals surface area contributed by atoms with Crippen LogP contribution in [0.1, 0.15) is 30.0 Å². The molecule has 0 aromatic heterocycles. The molecule has 0 radical (unpaired) electrons. The van der Waals surface area contributed by atoms with Crippen LogP contribution in [-0.4, -0.2) is 35.1 Å². The minimum Gasteiger partial charge on any atom is -0.354 e. The Balaban J connectivity index is 1.87. The third kappa shape index (κ3) is 7.93. The van der Waals surface area contributed by atoms with Crippen molar-refractivity contribution in [2.45, 2.75) is 44.2 Å². The van der Waals surface area contributed by atoms with E-state index >= 15 is 0 Å². The zero-order chi connectivity index (χ0) is 24.3. The molecule has 6 heteroatoms. The second-order valence-corrected chi connectivity index (χ2v) is 9.73. The highest BCUT2D eigenvalue weighted by atomic mass is 35.5. The quantitative estimate of drug-likeness (QED) is 0.337. The van der Waals surface area contributed by atoms with Gasteiger partial charge in [-0.2, -0.15) is 0 Å². The van der Waals surface area contributed by atoms with Crippen molar-refractivity contribution in [1.82, 2.24) is 10.2 Å². The second kappa shape index (κ2) is 13.2. The van der Waals surface area contributed by atoms with Crippen LogP contribution in [-0.2, 0) is 22.6 Å². The van der Waals surface area contributed by atoms with Crippen LogP contribution in [0.15, 0.2) is 83.8 Å². The van der Waals surface area contributed by atoms with Gasteiger partial charge in [0, 0.05) is 29.4 Å². The first-order valence-electron chi connectivity index (χ1n) is 11.5. The number of halogens is 1. The molecular formula is C28H31ClN2O2S. The Morgan fingerprint density at radius 1 is 0.941 bits per heavy atom. The minimum absolute atomic E-state index is 0.0758. The summed E-state index contributed by atoms with van der Waals surface area (Å²) in [5.74, 6) is 0.0460. The summed E-state index contributed by atoms with van der Waals surface area (Å²) in [6, 6.07) is 24.8. The van der Waals surface area contributed by atoms with Crippen LogP contribution in [0.3, 0.4) is 0 Å². The van der Waals surface area contributed by atoms with E-state index in [-0.39, 0.29) is 17.6 Å². The Bertz CT molecular complexity index is 1060. The number of aryl methyl sites for hydroxylation is 1. The molecule has 0 saturated heterocycles. The molecule has 0 bridgehead atoms. The summed E-state index contributed by atoms with van der Waals surface area (Å²) >= 11 is 7.56. The average molecular weight is 495 g/mol. The summed E-state index contributed by atoms with van der Waals surface area (Å²) in [4.78, 5) is 29.6. The molecule has 1 atom stereocenters. The van der Waals surface area contributed by atoms with Crippen molar-refractivity contribution in [2.75, 3.05) is 12.3 Å². The molecule has 178 valence electrons. The van der Waals surface area contributed by atoms with Gasteiger partial charge >= 0.3 is 0 Å². The first-order chi connectivity index (χ1) is 16.5. The summed E-state index contributed by atoms with van der Waals surface area (Å²) < 4.78 is 0. The fourth-order valence-corrected chi connectivity index (χ4v) is 4.48. The van der Waals surface area contributed by atoms with Gasteiger partial charge in [0.2, 0.25) is 11.8 Å². The Morgan fingerprint density at radius 3 is 2.26 bits per heavy atom. The van der Waals surface area contributed by atoms with Crippen LogP contribution in [0.4, 0.5) is 0 Å². The van der Waals surface area contributed by atoms with Gasteiger partial charge in [0.15, 0.2) is 0 Å². The smallest absolute Gasteiger partial charge is 0.243 e. The fraction of sp³-hybridized carbons (Fsp3) is 0.286. The van der Waals surface area contributed by atoms with E-state index in [4.69, 9.17) is 11.6 Å². The Hall–Kier alpha value is -2.76. The summed E-state index contributed by atoms with van der Waals surface area (Å²) in [5.41, 5.74) is 3.12. The molecule has 0 spiro atoms. The summed E-state index contributed by atoms with van der Waals surface area (Å²) in [7, 11) is 0. The van der Waals surface area contributed by atoms with E-state index in [1.807, 2.05) is 92.7 Å². The first-order valence-corrected chi connectivity index (χ1v) is 12.9. The number of carbonyl (C=O) groups is 2. The molecule has 34 heavy (non-hydrogen) atoms. The second-order valence-electron chi connectivity index (χ2n) is 8.25. The van der Waals surface area contributed by atoms with Gasteiger partial charge in [-0.05, 0) is 48.7 Å². The lowest BCUT2D eigenvalue weighted by molar-refractivity contribution is -0.139. The Labute approximate surface area is 211 Å². The minimum atomic E-state index is -0.615. The van der Waals surface area contributed by atoms with E-state index in [0.29, 0.717) is 24.5 Å². The number of hydrogen-bond donors (Lipinski definition) is 1. The molecule has 2 amide bonds. The molecule has 4 nitrogen and oxygen atoms in total. The van der Waals surface area contributed by atoms with Gasteiger partial charge in [-0.3, -0.25) is 9.59 Å². The number of nitrogens with zero attached hydrogens (tertiary/aromatic N) is 1. The molecule has 0 heterocycles. The molecule has 0 fully saturated rings. The molecule has 0 unspecified atom stereocenters. The van der Waals surface area contributed by atoms with Gasteiger partial charge in [0.1, 0.15) is 6.04 Å². The predicted octanol–water partition coefficient (Wildman–Crippen LogP) is 5.91. The van der Waals surface area contributed by atoms with Crippen molar-refractivity contribution in [1.29, 1.82) is 0 Å². The predicted molar refractivity (Wildman–Crippen MR) is 141 cm³/mol. The molecule has 0 aliphatic carbocycles. The maximum absolute atomic E-state index is 13.6. The molecular weight excluding hydrogens is 464 g/mol. The number of amides is 2. The number of benzene rings is 3. The lowest BCUT2D eigenvalue weighted by atomic mass is 10.0. The lowest BCUT2D eigenvalue weighted by Crippen LogP contribution is -2.51. The van der Waals surface area contributed by atoms with Crippen molar-refractivity contribution >= 4 is 35.2 Å². The van der Waals surface area contributed by atoms with Crippen LogP contribution < -0.4 is 5.32 Å². The number of rotatable bonds is 11. The molecule has 0 aliphatic rings. The van der Waals surface area contributed by atoms with Crippen molar-refractivity contribution in [3.63, 3.8) is 0 Å². The topological polar surface area (TPSA) is 49.4 Å². The third-order valence-corrected chi connectivity index (χ3v) is 6.72. The van der Waals surface area contributed by atoms with Crippen molar-refractivity contribution in [3.05, 3.63) is 101 Å². The van der Waals surface area contributed by atoms with E-state index in [9.17, 15) is 9.59 Å². The van der Waals surface area contributed by atoms with Gasteiger partial charge in [-0.25, -0.2) is 0 Å².